The van der Waals surface area contributed by atoms with Crippen LogP contribution < -0.4 is 20.1 Å². The predicted octanol–water partition coefficient (Wildman–Crippen LogP) is 3.21. The standard InChI is InChI=1S/C23H23N3O4/c1-29-20-10-7-17(12-21(20)30-2)13-22(27)26-19-8-5-16(6-9-19)14-25-23(28)18-4-3-11-24-15-18/h3-12,15H,13-14H2,1-2H3,(H,25,28)(H,26,27). The highest BCUT2D eigenvalue weighted by Crippen LogP contribution is 2.27. The van der Waals surface area contributed by atoms with Crippen molar-refractivity contribution in [2.75, 3.05) is 19.5 Å². The van der Waals surface area contributed by atoms with Crippen LogP contribution in [0.5, 0.6) is 11.5 Å². The zero-order valence-electron chi connectivity index (χ0n) is 16.8. The Labute approximate surface area is 175 Å². The summed E-state index contributed by atoms with van der Waals surface area (Å²) in [4.78, 5) is 28.3. The van der Waals surface area contributed by atoms with E-state index in [1.165, 1.54) is 6.20 Å². The zero-order chi connectivity index (χ0) is 21.3. The molecule has 0 saturated heterocycles. The van der Waals surface area contributed by atoms with Crippen LogP contribution in [0.25, 0.3) is 0 Å². The lowest BCUT2D eigenvalue weighted by Crippen LogP contribution is -2.22. The van der Waals surface area contributed by atoms with Crippen molar-refractivity contribution in [1.82, 2.24) is 10.3 Å². The van der Waals surface area contributed by atoms with E-state index in [0.29, 0.717) is 29.3 Å². The summed E-state index contributed by atoms with van der Waals surface area (Å²) in [6.07, 6.45) is 3.35. The Morgan fingerprint density at radius 1 is 0.933 bits per heavy atom. The lowest BCUT2D eigenvalue weighted by Gasteiger charge is -2.10. The highest BCUT2D eigenvalue weighted by molar-refractivity contribution is 5.94. The predicted molar refractivity (Wildman–Crippen MR) is 114 cm³/mol. The summed E-state index contributed by atoms with van der Waals surface area (Å²) in [6, 6.07) is 16.1. The molecule has 7 heteroatoms. The molecular weight excluding hydrogens is 382 g/mol. The van der Waals surface area contributed by atoms with Gasteiger partial charge in [0, 0.05) is 24.6 Å². The molecule has 0 atom stereocenters. The van der Waals surface area contributed by atoms with Crippen LogP contribution in [0.15, 0.2) is 67.0 Å². The quantitative estimate of drug-likeness (QED) is 0.601. The number of pyridine rings is 1. The van der Waals surface area contributed by atoms with Gasteiger partial charge < -0.3 is 20.1 Å². The van der Waals surface area contributed by atoms with Gasteiger partial charge >= 0.3 is 0 Å². The SMILES string of the molecule is COc1ccc(CC(=O)Nc2ccc(CNC(=O)c3cccnc3)cc2)cc1OC. The van der Waals surface area contributed by atoms with Crippen LogP contribution in [0, 0.1) is 0 Å². The van der Waals surface area contributed by atoms with Gasteiger partial charge in [0.05, 0.1) is 26.2 Å². The summed E-state index contributed by atoms with van der Waals surface area (Å²) in [6.45, 7) is 0.383. The second-order valence-electron chi connectivity index (χ2n) is 6.54. The van der Waals surface area contributed by atoms with Crippen molar-refractivity contribution in [3.8, 4) is 11.5 Å². The number of nitrogens with zero attached hydrogens (tertiary/aromatic N) is 1. The van der Waals surface area contributed by atoms with Crippen LogP contribution in [0.4, 0.5) is 5.69 Å². The maximum Gasteiger partial charge on any atom is 0.253 e. The molecular formula is C23H23N3O4. The number of hydrogen-bond donors (Lipinski definition) is 2. The Morgan fingerprint density at radius 2 is 1.67 bits per heavy atom. The summed E-state index contributed by atoms with van der Waals surface area (Å²) >= 11 is 0. The molecule has 0 radical (unpaired) electrons. The number of ether oxygens (including phenoxy) is 2. The monoisotopic (exact) mass is 405 g/mol. The number of amides is 2. The Bertz CT molecular complexity index is 1000. The number of benzene rings is 2. The molecule has 0 saturated carbocycles. The highest BCUT2D eigenvalue weighted by Gasteiger charge is 2.09. The molecule has 2 amide bonds. The molecule has 0 fully saturated rings. The number of methoxy groups -OCH3 is 2. The molecule has 0 aliphatic heterocycles. The van der Waals surface area contributed by atoms with Crippen molar-refractivity contribution in [3.63, 3.8) is 0 Å². The van der Waals surface area contributed by atoms with Gasteiger partial charge in [0.2, 0.25) is 5.91 Å². The molecule has 3 rings (SSSR count). The third-order valence-corrected chi connectivity index (χ3v) is 4.43. The van der Waals surface area contributed by atoms with Crippen LogP contribution in [-0.4, -0.2) is 31.0 Å². The minimum absolute atomic E-state index is 0.139. The van der Waals surface area contributed by atoms with E-state index in [2.05, 4.69) is 15.6 Å². The smallest absolute Gasteiger partial charge is 0.253 e. The Hall–Kier alpha value is -3.87. The molecule has 7 nitrogen and oxygen atoms in total. The number of carbonyl (C=O) groups excluding carboxylic acids is 2. The first kappa shape index (κ1) is 20.9. The number of hydrogen-bond acceptors (Lipinski definition) is 5. The van der Waals surface area contributed by atoms with Gasteiger partial charge in [0.25, 0.3) is 5.91 Å². The first-order chi connectivity index (χ1) is 14.6. The van der Waals surface area contributed by atoms with Gasteiger partial charge in [0.15, 0.2) is 11.5 Å². The Balaban J connectivity index is 1.52. The lowest BCUT2D eigenvalue weighted by molar-refractivity contribution is -0.115. The normalized spacial score (nSPS) is 10.2. The van der Waals surface area contributed by atoms with Crippen LogP contribution in [0.1, 0.15) is 21.5 Å². The second kappa shape index (κ2) is 10.1. The molecule has 0 unspecified atom stereocenters. The number of carbonyl (C=O) groups is 2. The molecule has 30 heavy (non-hydrogen) atoms. The average Bonchev–Trinajstić information content (AvgIpc) is 2.78. The molecule has 2 N–H and O–H groups in total. The average molecular weight is 405 g/mol. The van der Waals surface area contributed by atoms with Crippen LogP contribution in [-0.2, 0) is 17.8 Å². The van der Waals surface area contributed by atoms with Gasteiger partial charge in [0.1, 0.15) is 0 Å². The molecule has 154 valence electrons. The minimum Gasteiger partial charge on any atom is -0.493 e. The third-order valence-electron chi connectivity index (χ3n) is 4.43. The van der Waals surface area contributed by atoms with Crippen LogP contribution >= 0.6 is 0 Å². The first-order valence-electron chi connectivity index (χ1n) is 9.37. The van der Waals surface area contributed by atoms with Crippen molar-refractivity contribution >= 4 is 17.5 Å². The van der Waals surface area contributed by atoms with E-state index in [1.54, 1.807) is 56.8 Å². The van der Waals surface area contributed by atoms with Gasteiger partial charge in [-0.25, -0.2) is 0 Å². The first-order valence-corrected chi connectivity index (χ1v) is 9.37. The third kappa shape index (κ3) is 5.57. The summed E-state index contributed by atoms with van der Waals surface area (Å²) in [7, 11) is 3.13. The lowest BCUT2D eigenvalue weighted by atomic mass is 10.1. The Morgan fingerprint density at radius 3 is 2.33 bits per heavy atom. The largest absolute Gasteiger partial charge is 0.493 e. The molecule has 1 aromatic heterocycles. The number of anilines is 1. The fraction of sp³-hybridized carbons (Fsp3) is 0.174. The van der Waals surface area contributed by atoms with Crippen molar-refractivity contribution in [2.45, 2.75) is 13.0 Å². The van der Waals surface area contributed by atoms with E-state index in [1.807, 2.05) is 18.2 Å². The van der Waals surface area contributed by atoms with Crippen LogP contribution in [0.2, 0.25) is 0 Å². The van der Waals surface area contributed by atoms with Gasteiger partial charge in [-0.05, 0) is 47.5 Å². The van der Waals surface area contributed by atoms with E-state index in [0.717, 1.165) is 11.1 Å². The molecule has 0 spiro atoms. The van der Waals surface area contributed by atoms with E-state index >= 15 is 0 Å². The summed E-state index contributed by atoms with van der Waals surface area (Å²) in [5, 5.41) is 5.71. The van der Waals surface area contributed by atoms with Gasteiger partial charge in [-0.1, -0.05) is 18.2 Å². The number of nitrogens with one attached hydrogen (secondary N) is 2. The van der Waals surface area contributed by atoms with E-state index in [-0.39, 0.29) is 18.2 Å². The maximum atomic E-state index is 12.3. The summed E-state index contributed by atoms with van der Waals surface area (Å²) in [5.41, 5.74) is 2.93. The van der Waals surface area contributed by atoms with E-state index in [9.17, 15) is 9.59 Å². The second-order valence-corrected chi connectivity index (χ2v) is 6.54. The zero-order valence-corrected chi connectivity index (χ0v) is 16.8. The minimum atomic E-state index is -0.185. The molecule has 0 aliphatic carbocycles. The molecule has 0 aliphatic rings. The maximum absolute atomic E-state index is 12.3. The van der Waals surface area contributed by atoms with Gasteiger partial charge in [-0.3, -0.25) is 14.6 Å². The molecule has 2 aromatic carbocycles. The summed E-state index contributed by atoms with van der Waals surface area (Å²) in [5.74, 6) is 0.878. The number of aromatic nitrogens is 1. The van der Waals surface area contributed by atoms with Crippen molar-refractivity contribution in [2.24, 2.45) is 0 Å². The molecule has 1 heterocycles. The van der Waals surface area contributed by atoms with Gasteiger partial charge in [-0.2, -0.15) is 0 Å². The summed E-state index contributed by atoms with van der Waals surface area (Å²) < 4.78 is 10.5. The topological polar surface area (TPSA) is 89.6 Å². The van der Waals surface area contributed by atoms with Crippen molar-refractivity contribution < 1.29 is 19.1 Å². The van der Waals surface area contributed by atoms with E-state index in [4.69, 9.17) is 9.47 Å². The molecule has 3 aromatic rings. The fourth-order valence-corrected chi connectivity index (χ4v) is 2.87. The number of rotatable bonds is 8. The van der Waals surface area contributed by atoms with E-state index < -0.39 is 0 Å². The van der Waals surface area contributed by atoms with Crippen molar-refractivity contribution in [1.29, 1.82) is 0 Å². The molecule has 0 bridgehead atoms. The Kier molecular flexibility index (Phi) is 7.00. The fourth-order valence-electron chi connectivity index (χ4n) is 2.87. The van der Waals surface area contributed by atoms with Crippen LogP contribution in [0.3, 0.4) is 0 Å². The highest BCUT2D eigenvalue weighted by atomic mass is 16.5. The van der Waals surface area contributed by atoms with Gasteiger partial charge in [-0.15, -0.1) is 0 Å². The van der Waals surface area contributed by atoms with Crippen molar-refractivity contribution in [3.05, 3.63) is 83.7 Å².